The highest BCUT2D eigenvalue weighted by molar-refractivity contribution is 7.99. The van der Waals surface area contributed by atoms with Crippen LogP contribution in [0.2, 0.25) is 0 Å². The third kappa shape index (κ3) is 6.06. The molecule has 0 aliphatic rings. The largest absolute Gasteiger partial charge is 0.490 e. The molecule has 0 radical (unpaired) electrons. The Morgan fingerprint density at radius 3 is 2.52 bits per heavy atom. The Kier molecular flexibility index (Phi) is 6.92. The molecule has 2 rings (SSSR count). The van der Waals surface area contributed by atoms with E-state index in [1.54, 1.807) is 6.08 Å². The van der Waals surface area contributed by atoms with E-state index in [0.29, 0.717) is 6.61 Å². The van der Waals surface area contributed by atoms with Crippen molar-refractivity contribution in [2.45, 2.75) is 11.4 Å². The van der Waals surface area contributed by atoms with Crippen LogP contribution >= 0.6 is 11.8 Å². The van der Waals surface area contributed by atoms with Crippen molar-refractivity contribution in [2.24, 2.45) is 0 Å². The zero-order valence-electron chi connectivity index (χ0n) is 12.1. The van der Waals surface area contributed by atoms with Gasteiger partial charge in [0.05, 0.1) is 0 Å². The molecule has 0 heterocycles. The molecule has 0 bridgehead atoms. The molecular formula is C18H21NOS. The van der Waals surface area contributed by atoms with Crippen molar-refractivity contribution in [3.63, 3.8) is 0 Å². The highest BCUT2D eigenvalue weighted by Crippen LogP contribution is 2.16. The maximum absolute atomic E-state index is 5.46. The first kappa shape index (κ1) is 15.7. The molecule has 21 heavy (non-hydrogen) atoms. The molecule has 0 saturated heterocycles. The summed E-state index contributed by atoms with van der Waals surface area (Å²) in [4.78, 5) is 1.32. The number of thioether (sulfide) groups is 1. The average Bonchev–Trinajstić information content (AvgIpc) is 2.55. The summed E-state index contributed by atoms with van der Waals surface area (Å²) in [7, 11) is 0. The minimum Gasteiger partial charge on any atom is -0.490 e. The molecule has 0 aromatic heterocycles. The van der Waals surface area contributed by atoms with Gasteiger partial charge in [-0.25, -0.2) is 0 Å². The molecule has 0 atom stereocenters. The quantitative estimate of drug-likeness (QED) is 0.427. The van der Waals surface area contributed by atoms with Gasteiger partial charge in [0.25, 0.3) is 0 Å². The van der Waals surface area contributed by atoms with Gasteiger partial charge in [0.2, 0.25) is 0 Å². The normalized spacial score (nSPS) is 10.3. The fourth-order valence-electron chi connectivity index (χ4n) is 1.85. The molecule has 0 saturated carbocycles. The fraction of sp³-hybridized carbons (Fsp3) is 0.222. The van der Waals surface area contributed by atoms with Gasteiger partial charge in [-0.2, -0.15) is 0 Å². The molecule has 0 aliphatic heterocycles. The second-order valence-corrected chi connectivity index (χ2v) is 5.75. The van der Waals surface area contributed by atoms with Crippen molar-refractivity contribution in [3.8, 4) is 5.75 Å². The zero-order valence-corrected chi connectivity index (χ0v) is 12.9. The van der Waals surface area contributed by atoms with E-state index in [9.17, 15) is 0 Å². The summed E-state index contributed by atoms with van der Waals surface area (Å²) in [6.07, 6.45) is 1.75. The van der Waals surface area contributed by atoms with Gasteiger partial charge in [-0.05, 0) is 29.8 Å². The summed E-state index contributed by atoms with van der Waals surface area (Å²) in [5.41, 5.74) is 1.27. The molecule has 0 amide bonds. The van der Waals surface area contributed by atoms with Crippen LogP contribution in [0.4, 0.5) is 0 Å². The van der Waals surface area contributed by atoms with Crippen molar-refractivity contribution in [1.82, 2.24) is 5.32 Å². The Balaban J connectivity index is 1.63. The predicted molar refractivity (Wildman–Crippen MR) is 91.0 cm³/mol. The van der Waals surface area contributed by atoms with Crippen LogP contribution in [-0.4, -0.2) is 18.9 Å². The molecule has 110 valence electrons. The maximum Gasteiger partial charge on any atom is 0.119 e. The predicted octanol–water partition coefficient (Wildman–Crippen LogP) is 4.13. The summed E-state index contributed by atoms with van der Waals surface area (Å²) in [6, 6.07) is 18.7. The first-order valence-corrected chi connectivity index (χ1v) is 8.08. The molecule has 1 N–H and O–H groups in total. The molecule has 3 heteroatoms. The van der Waals surface area contributed by atoms with Crippen LogP contribution in [-0.2, 0) is 6.54 Å². The third-order valence-electron chi connectivity index (χ3n) is 2.91. The van der Waals surface area contributed by atoms with E-state index in [4.69, 9.17) is 4.74 Å². The van der Waals surface area contributed by atoms with E-state index in [-0.39, 0.29) is 0 Å². The second kappa shape index (κ2) is 9.27. The minimum absolute atomic E-state index is 0.550. The van der Waals surface area contributed by atoms with Gasteiger partial charge in [0.1, 0.15) is 12.4 Å². The summed E-state index contributed by atoms with van der Waals surface area (Å²) in [6.45, 7) is 6.07. The monoisotopic (exact) mass is 299 g/mol. The van der Waals surface area contributed by atoms with E-state index in [2.05, 4.69) is 48.3 Å². The van der Waals surface area contributed by atoms with Crippen molar-refractivity contribution >= 4 is 11.8 Å². The van der Waals surface area contributed by atoms with Gasteiger partial charge >= 0.3 is 0 Å². The summed E-state index contributed by atoms with van der Waals surface area (Å²) >= 11 is 1.88. The number of hydrogen-bond donors (Lipinski definition) is 1. The third-order valence-corrected chi connectivity index (χ3v) is 3.92. The number of rotatable bonds is 9. The Bertz CT molecular complexity index is 525. The summed E-state index contributed by atoms with van der Waals surface area (Å²) in [5, 5.41) is 3.46. The van der Waals surface area contributed by atoms with Crippen molar-refractivity contribution < 1.29 is 4.74 Å². The first-order chi connectivity index (χ1) is 10.4. The molecule has 2 nitrogen and oxygen atoms in total. The van der Waals surface area contributed by atoms with Crippen LogP contribution in [0, 0.1) is 0 Å². The standard InChI is InChI=1S/C18H21NOS/c1-2-13-20-17-10-8-16(9-11-17)15-19-12-14-21-18-6-4-3-5-7-18/h2-11,19H,1,12-15H2. The van der Waals surface area contributed by atoms with Gasteiger partial charge in [0.15, 0.2) is 0 Å². The smallest absolute Gasteiger partial charge is 0.119 e. The van der Waals surface area contributed by atoms with Gasteiger partial charge in [0, 0.05) is 23.7 Å². The fourth-order valence-corrected chi connectivity index (χ4v) is 2.68. The lowest BCUT2D eigenvalue weighted by molar-refractivity contribution is 0.363. The number of benzene rings is 2. The molecular weight excluding hydrogens is 278 g/mol. The Hall–Kier alpha value is -1.71. The van der Waals surface area contributed by atoms with Gasteiger partial charge in [-0.1, -0.05) is 43.0 Å². The Labute approximate surface area is 131 Å². The van der Waals surface area contributed by atoms with Gasteiger partial charge in [-0.15, -0.1) is 11.8 Å². The molecule has 0 fully saturated rings. The Morgan fingerprint density at radius 2 is 1.81 bits per heavy atom. The van der Waals surface area contributed by atoms with Crippen molar-refractivity contribution in [1.29, 1.82) is 0 Å². The van der Waals surface area contributed by atoms with E-state index in [1.165, 1.54) is 10.5 Å². The van der Waals surface area contributed by atoms with E-state index in [0.717, 1.165) is 24.6 Å². The molecule has 2 aromatic carbocycles. The lowest BCUT2D eigenvalue weighted by Crippen LogP contribution is -2.16. The van der Waals surface area contributed by atoms with Gasteiger partial charge < -0.3 is 10.1 Å². The highest BCUT2D eigenvalue weighted by Gasteiger charge is 1.96. The van der Waals surface area contributed by atoms with Crippen LogP contribution in [0.1, 0.15) is 5.56 Å². The summed E-state index contributed by atoms with van der Waals surface area (Å²) < 4.78 is 5.46. The maximum atomic E-state index is 5.46. The zero-order chi connectivity index (χ0) is 14.8. The van der Waals surface area contributed by atoms with Crippen molar-refractivity contribution in [3.05, 3.63) is 72.8 Å². The highest BCUT2D eigenvalue weighted by atomic mass is 32.2. The summed E-state index contributed by atoms with van der Waals surface area (Å²) in [5.74, 6) is 1.96. The molecule has 0 unspecified atom stereocenters. The molecule has 0 aliphatic carbocycles. The van der Waals surface area contributed by atoms with E-state index < -0.39 is 0 Å². The van der Waals surface area contributed by atoms with Crippen LogP contribution in [0.5, 0.6) is 5.75 Å². The molecule has 0 spiro atoms. The SMILES string of the molecule is C=CCOc1ccc(CNCCSc2ccccc2)cc1. The minimum atomic E-state index is 0.550. The second-order valence-electron chi connectivity index (χ2n) is 4.58. The topological polar surface area (TPSA) is 21.3 Å². The average molecular weight is 299 g/mol. The van der Waals surface area contributed by atoms with Crippen LogP contribution in [0.15, 0.2) is 72.1 Å². The Morgan fingerprint density at radius 1 is 1.05 bits per heavy atom. The van der Waals surface area contributed by atoms with E-state index in [1.807, 2.05) is 30.0 Å². The lowest BCUT2D eigenvalue weighted by atomic mass is 10.2. The van der Waals surface area contributed by atoms with E-state index >= 15 is 0 Å². The van der Waals surface area contributed by atoms with Crippen molar-refractivity contribution in [2.75, 3.05) is 18.9 Å². The number of ether oxygens (including phenoxy) is 1. The van der Waals surface area contributed by atoms with Crippen LogP contribution in [0.3, 0.4) is 0 Å². The first-order valence-electron chi connectivity index (χ1n) is 7.09. The molecule has 2 aromatic rings. The number of hydrogen-bond acceptors (Lipinski definition) is 3. The van der Waals surface area contributed by atoms with Crippen LogP contribution in [0.25, 0.3) is 0 Å². The lowest BCUT2D eigenvalue weighted by Gasteiger charge is -2.07. The van der Waals surface area contributed by atoms with Gasteiger partial charge in [-0.3, -0.25) is 0 Å². The number of nitrogens with one attached hydrogen (secondary N) is 1. The van der Waals surface area contributed by atoms with Crippen LogP contribution < -0.4 is 10.1 Å².